The highest BCUT2D eigenvalue weighted by Gasteiger charge is 2.11. The molecule has 0 aliphatic carbocycles. The van der Waals surface area contributed by atoms with Gasteiger partial charge in [-0.15, -0.1) is 0 Å². The van der Waals surface area contributed by atoms with Gasteiger partial charge in [0, 0.05) is 5.39 Å². The van der Waals surface area contributed by atoms with E-state index in [0.717, 1.165) is 16.6 Å². The van der Waals surface area contributed by atoms with Crippen LogP contribution in [0.3, 0.4) is 0 Å². The maximum absolute atomic E-state index is 6.03. The van der Waals surface area contributed by atoms with Crippen LogP contribution in [-0.2, 0) is 0 Å². The van der Waals surface area contributed by atoms with E-state index >= 15 is 0 Å². The quantitative estimate of drug-likeness (QED) is 0.616. The Labute approximate surface area is 108 Å². The van der Waals surface area contributed by atoms with Gasteiger partial charge in [0.1, 0.15) is 11.5 Å². The van der Waals surface area contributed by atoms with E-state index in [1.807, 2.05) is 45.0 Å². The molecule has 18 heavy (non-hydrogen) atoms. The minimum atomic E-state index is -0.189. The summed E-state index contributed by atoms with van der Waals surface area (Å²) in [5.74, 6) is 0.497. The molecule has 0 aliphatic rings. The molecule has 0 aliphatic heterocycles. The lowest BCUT2D eigenvalue weighted by Gasteiger charge is -2.14. The van der Waals surface area contributed by atoms with Crippen LogP contribution in [0.15, 0.2) is 35.3 Å². The summed E-state index contributed by atoms with van der Waals surface area (Å²) in [6, 6.07) is 10.1. The predicted molar refractivity (Wildman–Crippen MR) is 77.0 cm³/mol. The number of fused-ring (bicyclic) bond motifs is 1. The van der Waals surface area contributed by atoms with Crippen LogP contribution in [0.2, 0.25) is 0 Å². The Bertz CT molecular complexity index is 607. The van der Waals surface area contributed by atoms with E-state index in [1.54, 1.807) is 0 Å². The van der Waals surface area contributed by atoms with Gasteiger partial charge in [0.25, 0.3) is 0 Å². The minimum Gasteiger partial charge on any atom is -0.382 e. The Morgan fingerprint density at radius 2 is 1.89 bits per heavy atom. The number of pyridine rings is 1. The summed E-state index contributed by atoms with van der Waals surface area (Å²) in [5.41, 5.74) is 8.72. The number of benzene rings is 1. The zero-order valence-electron chi connectivity index (χ0n) is 11.4. The van der Waals surface area contributed by atoms with Crippen molar-refractivity contribution >= 4 is 16.7 Å². The summed E-state index contributed by atoms with van der Waals surface area (Å²) in [7, 11) is 0. The number of nitrogens with zero attached hydrogens (tertiary/aromatic N) is 2. The lowest BCUT2D eigenvalue weighted by atomic mass is 10.1. The van der Waals surface area contributed by atoms with E-state index in [2.05, 4.69) is 23.0 Å². The highest BCUT2D eigenvalue weighted by molar-refractivity contribution is 5.98. The Kier molecular flexibility index (Phi) is 3.07. The first-order valence-electron chi connectivity index (χ1n) is 6.09. The van der Waals surface area contributed by atoms with Crippen molar-refractivity contribution in [3.63, 3.8) is 0 Å². The van der Waals surface area contributed by atoms with Crippen molar-refractivity contribution < 1.29 is 0 Å². The molecule has 0 fully saturated rings. The van der Waals surface area contributed by atoms with Gasteiger partial charge in [-0.25, -0.2) is 4.98 Å². The van der Waals surface area contributed by atoms with Crippen LogP contribution in [-0.4, -0.2) is 16.4 Å². The fourth-order valence-electron chi connectivity index (χ4n) is 1.90. The van der Waals surface area contributed by atoms with E-state index in [0.29, 0.717) is 5.84 Å². The van der Waals surface area contributed by atoms with Crippen LogP contribution in [0.5, 0.6) is 0 Å². The first kappa shape index (κ1) is 12.6. The summed E-state index contributed by atoms with van der Waals surface area (Å²) in [6.45, 7) is 8.13. The van der Waals surface area contributed by atoms with Gasteiger partial charge in [0.05, 0.1) is 11.1 Å². The second kappa shape index (κ2) is 4.41. The zero-order valence-corrected chi connectivity index (χ0v) is 11.4. The van der Waals surface area contributed by atoms with E-state index < -0.39 is 0 Å². The molecule has 94 valence electrons. The van der Waals surface area contributed by atoms with Crippen LogP contribution < -0.4 is 5.73 Å². The highest BCUT2D eigenvalue weighted by atomic mass is 14.9. The van der Waals surface area contributed by atoms with Gasteiger partial charge in [-0.05, 0) is 45.4 Å². The average molecular weight is 241 g/mol. The third-order valence-electron chi connectivity index (χ3n) is 2.64. The molecule has 0 saturated heterocycles. The second-order valence-electron chi connectivity index (χ2n) is 5.51. The summed E-state index contributed by atoms with van der Waals surface area (Å²) in [5, 5.41) is 1.16. The number of para-hydroxylation sites is 1. The number of aliphatic imine (C=N–C) groups is 1. The van der Waals surface area contributed by atoms with Crippen molar-refractivity contribution in [3.8, 4) is 0 Å². The van der Waals surface area contributed by atoms with Gasteiger partial charge in [0.2, 0.25) is 0 Å². The van der Waals surface area contributed by atoms with Crippen molar-refractivity contribution in [1.82, 2.24) is 4.98 Å². The largest absolute Gasteiger partial charge is 0.382 e. The van der Waals surface area contributed by atoms with Gasteiger partial charge in [0.15, 0.2) is 0 Å². The maximum Gasteiger partial charge on any atom is 0.145 e. The van der Waals surface area contributed by atoms with Gasteiger partial charge >= 0.3 is 0 Å². The van der Waals surface area contributed by atoms with Gasteiger partial charge < -0.3 is 5.73 Å². The Morgan fingerprint density at radius 3 is 2.56 bits per heavy atom. The van der Waals surface area contributed by atoms with E-state index in [4.69, 9.17) is 5.73 Å². The lowest BCUT2D eigenvalue weighted by molar-refractivity contribution is 0.583. The van der Waals surface area contributed by atoms with E-state index in [1.165, 1.54) is 5.56 Å². The minimum absolute atomic E-state index is 0.189. The SMILES string of the molecule is Cc1cc(C(N)=NC(C)(C)C)nc2ccccc12. The second-order valence-corrected chi connectivity index (χ2v) is 5.51. The third-order valence-corrected chi connectivity index (χ3v) is 2.64. The molecule has 1 aromatic carbocycles. The van der Waals surface area contributed by atoms with Crippen LogP contribution >= 0.6 is 0 Å². The molecule has 2 N–H and O–H groups in total. The van der Waals surface area contributed by atoms with Crippen LogP contribution in [0, 0.1) is 6.92 Å². The molecule has 0 spiro atoms. The predicted octanol–water partition coefficient (Wildman–Crippen LogP) is 3.05. The zero-order chi connectivity index (χ0) is 13.3. The fourth-order valence-corrected chi connectivity index (χ4v) is 1.90. The van der Waals surface area contributed by atoms with E-state index in [9.17, 15) is 0 Å². The van der Waals surface area contributed by atoms with Crippen LogP contribution in [0.4, 0.5) is 0 Å². The summed E-state index contributed by atoms with van der Waals surface area (Å²) in [6.07, 6.45) is 0. The summed E-state index contributed by atoms with van der Waals surface area (Å²) < 4.78 is 0. The lowest BCUT2D eigenvalue weighted by Crippen LogP contribution is -2.22. The summed E-state index contributed by atoms with van der Waals surface area (Å²) in [4.78, 5) is 9.02. The van der Waals surface area contributed by atoms with Crippen molar-refractivity contribution in [2.24, 2.45) is 10.7 Å². The molecule has 2 rings (SSSR count). The molecule has 0 amide bonds. The molecule has 1 aromatic heterocycles. The van der Waals surface area contributed by atoms with E-state index in [-0.39, 0.29) is 5.54 Å². The molecule has 3 heteroatoms. The Morgan fingerprint density at radius 1 is 1.22 bits per heavy atom. The van der Waals surface area contributed by atoms with Gasteiger partial charge in [-0.2, -0.15) is 0 Å². The molecule has 0 unspecified atom stereocenters. The molecule has 0 atom stereocenters. The standard InChI is InChI=1S/C15H19N3/c1-10-9-13(14(16)18-15(2,3)4)17-12-8-6-5-7-11(10)12/h5-9H,1-4H3,(H2,16,18). The number of hydrogen-bond acceptors (Lipinski definition) is 2. The third kappa shape index (κ3) is 2.67. The van der Waals surface area contributed by atoms with Crippen molar-refractivity contribution in [2.45, 2.75) is 33.2 Å². The topological polar surface area (TPSA) is 51.3 Å². The van der Waals surface area contributed by atoms with Crippen molar-refractivity contribution in [2.75, 3.05) is 0 Å². The highest BCUT2D eigenvalue weighted by Crippen LogP contribution is 2.18. The number of hydrogen-bond donors (Lipinski definition) is 1. The number of rotatable bonds is 1. The number of aromatic nitrogens is 1. The first-order valence-corrected chi connectivity index (χ1v) is 6.09. The smallest absolute Gasteiger partial charge is 0.145 e. The molecule has 2 aromatic rings. The summed E-state index contributed by atoms with van der Waals surface area (Å²) >= 11 is 0. The average Bonchev–Trinajstić information content (AvgIpc) is 2.26. The van der Waals surface area contributed by atoms with Crippen LogP contribution in [0.25, 0.3) is 10.9 Å². The van der Waals surface area contributed by atoms with Gasteiger partial charge in [-0.1, -0.05) is 18.2 Å². The Balaban J connectivity index is 2.57. The normalized spacial score (nSPS) is 13.0. The number of aryl methyl sites for hydroxylation is 1. The number of nitrogens with two attached hydrogens (primary N) is 1. The Hall–Kier alpha value is -1.90. The molecule has 1 heterocycles. The molecular weight excluding hydrogens is 222 g/mol. The molecule has 0 radical (unpaired) electrons. The van der Waals surface area contributed by atoms with Crippen LogP contribution in [0.1, 0.15) is 32.0 Å². The number of amidine groups is 1. The molecule has 3 nitrogen and oxygen atoms in total. The van der Waals surface area contributed by atoms with Crippen molar-refractivity contribution in [1.29, 1.82) is 0 Å². The first-order chi connectivity index (χ1) is 8.37. The fraction of sp³-hybridized carbons (Fsp3) is 0.333. The molecule has 0 bridgehead atoms. The molecular formula is C15H19N3. The maximum atomic E-state index is 6.03. The molecule has 0 saturated carbocycles. The van der Waals surface area contributed by atoms with Crippen molar-refractivity contribution in [3.05, 3.63) is 41.6 Å². The monoisotopic (exact) mass is 241 g/mol. The van der Waals surface area contributed by atoms with Gasteiger partial charge in [-0.3, -0.25) is 4.99 Å².